The molecule has 0 aromatic heterocycles. The standard InChI is InChI=1S/C17H11Cl6NO2/c1-6-3-4-8(5-7(6)2)24-13(25)9-10(14(24)26)16(21)12(19)11(18)15(9,20)17(16,22)23/h3-5,9-10H,1-2H3/t9-,10+,15-,16-/m1/s1. The number of amides is 2. The summed E-state index contributed by atoms with van der Waals surface area (Å²) in [6.07, 6.45) is 0. The summed E-state index contributed by atoms with van der Waals surface area (Å²) in [5.41, 5.74) is 2.39. The number of hydrogen-bond acceptors (Lipinski definition) is 2. The van der Waals surface area contributed by atoms with Crippen LogP contribution in [0.1, 0.15) is 11.1 Å². The van der Waals surface area contributed by atoms with Crippen molar-refractivity contribution in [2.24, 2.45) is 11.8 Å². The van der Waals surface area contributed by atoms with Crippen LogP contribution in [0, 0.1) is 25.7 Å². The summed E-state index contributed by atoms with van der Waals surface area (Å²) in [4.78, 5) is 23.9. The molecule has 1 aromatic rings. The molecule has 2 bridgehead atoms. The predicted molar refractivity (Wildman–Crippen MR) is 106 cm³/mol. The Kier molecular flexibility index (Phi) is 4.03. The molecule has 1 heterocycles. The highest BCUT2D eigenvalue weighted by Crippen LogP contribution is 2.77. The van der Waals surface area contributed by atoms with Gasteiger partial charge in [0.25, 0.3) is 0 Å². The van der Waals surface area contributed by atoms with Crippen LogP contribution < -0.4 is 4.90 Å². The zero-order valence-corrected chi connectivity index (χ0v) is 18.0. The first kappa shape index (κ1) is 19.2. The molecule has 2 amide bonds. The van der Waals surface area contributed by atoms with E-state index in [2.05, 4.69) is 0 Å². The molecule has 1 saturated heterocycles. The topological polar surface area (TPSA) is 37.4 Å². The van der Waals surface area contributed by atoms with E-state index in [1.165, 1.54) is 0 Å². The second-order valence-corrected chi connectivity index (χ2v) is 10.1. The fraction of sp³-hybridized carbons (Fsp3) is 0.412. The fourth-order valence-electron chi connectivity index (χ4n) is 4.11. The van der Waals surface area contributed by atoms with Crippen LogP contribution in [-0.2, 0) is 9.59 Å². The molecule has 4 rings (SSSR count). The van der Waals surface area contributed by atoms with Gasteiger partial charge in [0, 0.05) is 0 Å². The SMILES string of the molecule is Cc1ccc(N2C(=O)[C@@H]3[C@H](C2=O)[C@@]2(Cl)C(Cl)=C(Cl)[C@@]3(Cl)C2(Cl)Cl)cc1C. The van der Waals surface area contributed by atoms with Crippen LogP contribution >= 0.6 is 69.6 Å². The Hall–Kier alpha value is -0.160. The molecule has 2 fully saturated rings. The minimum Gasteiger partial charge on any atom is -0.274 e. The Morgan fingerprint density at radius 3 is 1.73 bits per heavy atom. The van der Waals surface area contributed by atoms with Crippen LogP contribution in [0.3, 0.4) is 0 Å². The lowest BCUT2D eigenvalue weighted by atomic mass is 9.84. The van der Waals surface area contributed by atoms with Crippen molar-refractivity contribution in [2.45, 2.75) is 27.9 Å². The van der Waals surface area contributed by atoms with Crippen LogP contribution in [0.2, 0.25) is 0 Å². The molecular formula is C17H11Cl6NO2. The van der Waals surface area contributed by atoms with Crippen molar-refractivity contribution < 1.29 is 9.59 Å². The number of nitrogens with zero attached hydrogens (tertiary/aromatic N) is 1. The molecule has 0 unspecified atom stereocenters. The maximum atomic E-state index is 13.2. The zero-order valence-electron chi connectivity index (χ0n) is 13.4. The largest absolute Gasteiger partial charge is 0.274 e. The highest BCUT2D eigenvalue weighted by atomic mass is 35.5. The smallest absolute Gasteiger partial charge is 0.240 e. The lowest BCUT2D eigenvalue weighted by Gasteiger charge is -2.34. The van der Waals surface area contributed by atoms with Gasteiger partial charge < -0.3 is 0 Å². The molecule has 26 heavy (non-hydrogen) atoms. The van der Waals surface area contributed by atoms with Gasteiger partial charge in [-0.15, -0.1) is 23.2 Å². The summed E-state index contributed by atoms with van der Waals surface area (Å²) in [5, 5.41) is -0.185. The van der Waals surface area contributed by atoms with Gasteiger partial charge in [0.2, 0.25) is 11.8 Å². The zero-order chi connectivity index (χ0) is 19.4. The number of allylic oxidation sites excluding steroid dienone is 2. The maximum Gasteiger partial charge on any atom is 0.240 e. The van der Waals surface area contributed by atoms with E-state index in [-0.39, 0.29) is 10.1 Å². The Labute approximate surface area is 180 Å². The number of halogens is 6. The van der Waals surface area contributed by atoms with E-state index in [9.17, 15) is 9.59 Å². The highest BCUT2D eigenvalue weighted by molar-refractivity contribution is 6.67. The number of rotatable bonds is 1. The summed E-state index contributed by atoms with van der Waals surface area (Å²) in [5.74, 6) is -3.32. The van der Waals surface area contributed by atoms with Crippen molar-refractivity contribution in [3.05, 3.63) is 39.4 Å². The van der Waals surface area contributed by atoms with Crippen LogP contribution in [0.25, 0.3) is 0 Å². The van der Waals surface area contributed by atoms with E-state index in [1.807, 2.05) is 19.9 Å². The van der Waals surface area contributed by atoms with Crippen molar-refractivity contribution in [2.75, 3.05) is 4.90 Å². The minimum absolute atomic E-state index is 0.0924. The van der Waals surface area contributed by atoms with Gasteiger partial charge in [0.1, 0.15) is 9.75 Å². The fourth-order valence-corrected chi connectivity index (χ4v) is 7.04. The maximum absolute atomic E-state index is 13.2. The summed E-state index contributed by atoms with van der Waals surface area (Å²) in [6, 6.07) is 5.27. The van der Waals surface area contributed by atoms with E-state index in [0.717, 1.165) is 16.0 Å². The monoisotopic (exact) mass is 471 g/mol. The van der Waals surface area contributed by atoms with Crippen molar-refractivity contribution in [1.29, 1.82) is 0 Å². The number of carbonyl (C=O) groups excluding carboxylic acids is 2. The Morgan fingerprint density at radius 1 is 0.846 bits per heavy atom. The third-order valence-electron chi connectivity index (χ3n) is 5.66. The lowest BCUT2D eigenvalue weighted by Crippen LogP contribution is -2.50. The molecule has 0 spiro atoms. The van der Waals surface area contributed by atoms with Crippen molar-refractivity contribution >= 4 is 87.1 Å². The molecule has 1 aliphatic heterocycles. The molecule has 1 aromatic carbocycles. The molecule has 9 heteroatoms. The van der Waals surface area contributed by atoms with Crippen molar-refractivity contribution in [1.82, 2.24) is 0 Å². The van der Waals surface area contributed by atoms with Gasteiger partial charge in [-0.2, -0.15) is 0 Å². The van der Waals surface area contributed by atoms with E-state index in [0.29, 0.717) is 5.69 Å². The Bertz CT molecular complexity index is 882. The van der Waals surface area contributed by atoms with Gasteiger partial charge in [-0.1, -0.05) is 52.5 Å². The molecule has 3 aliphatic rings. The number of anilines is 1. The minimum atomic E-state index is -1.91. The predicted octanol–water partition coefficient (Wildman–Crippen LogP) is 5.25. The molecule has 138 valence electrons. The number of carbonyl (C=O) groups is 2. The molecule has 4 atom stereocenters. The number of hydrogen-bond donors (Lipinski definition) is 0. The highest BCUT2D eigenvalue weighted by Gasteiger charge is 2.87. The molecular weight excluding hydrogens is 463 g/mol. The molecule has 2 aliphatic carbocycles. The number of aryl methyl sites for hydroxylation is 2. The third kappa shape index (κ3) is 1.81. The molecule has 0 radical (unpaired) electrons. The normalized spacial score (nSPS) is 37.8. The second-order valence-electron chi connectivity index (χ2n) is 6.86. The van der Waals surface area contributed by atoms with E-state index < -0.39 is 37.7 Å². The summed E-state index contributed by atoms with van der Waals surface area (Å²) in [7, 11) is 0. The molecule has 0 N–H and O–H groups in total. The number of imide groups is 1. The van der Waals surface area contributed by atoms with Crippen LogP contribution in [0.15, 0.2) is 28.3 Å². The molecule has 1 saturated carbocycles. The lowest BCUT2D eigenvalue weighted by molar-refractivity contribution is -0.123. The third-order valence-corrected chi connectivity index (χ3v) is 9.92. The van der Waals surface area contributed by atoms with Gasteiger partial charge in [0.05, 0.1) is 27.6 Å². The van der Waals surface area contributed by atoms with Gasteiger partial charge >= 0.3 is 0 Å². The van der Waals surface area contributed by atoms with Gasteiger partial charge in [-0.25, -0.2) is 4.90 Å². The van der Waals surface area contributed by atoms with E-state index in [1.54, 1.807) is 12.1 Å². The van der Waals surface area contributed by atoms with Crippen LogP contribution in [0.4, 0.5) is 5.69 Å². The Morgan fingerprint density at radius 2 is 1.31 bits per heavy atom. The Balaban J connectivity index is 1.90. The summed E-state index contributed by atoms with van der Waals surface area (Å²) < 4.78 is -1.91. The van der Waals surface area contributed by atoms with Gasteiger partial charge in [0.15, 0.2) is 4.33 Å². The number of fused-ring (bicyclic) bond motifs is 5. The number of benzene rings is 1. The average Bonchev–Trinajstić information content (AvgIpc) is 2.95. The quantitative estimate of drug-likeness (QED) is 0.412. The van der Waals surface area contributed by atoms with E-state index in [4.69, 9.17) is 69.6 Å². The second kappa shape index (κ2) is 5.46. The van der Waals surface area contributed by atoms with E-state index >= 15 is 0 Å². The van der Waals surface area contributed by atoms with Crippen molar-refractivity contribution in [3.8, 4) is 0 Å². The van der Waals surface area contributed by atoms with Gasteiger partial charge in [-0.3, -0.25) is 9.59 Å². The first-order valence-electron chi connectivity index (χ1n) is 7.69. The van der Waals surface area contributed by atoms with Crippen LogP contribution in [-0.4, -0.2) is 25.9 Å². The van der Waals surface area contributed by atoms with Crippen LogP contribution in [0.5, 0.6) is 0 Å². The summed E-state index contributed by atoms with van der Waals surface area (Å²) >= 11 is 38.8. The number of alkyl halides is 4. The molecule has 3 nitrogen and oxygen atoms in total. The first-order valence-corrected chi connectivity index (χ1v) is 9.96. The van der Waals surface area contributed by atoms with Gasteiger partial charge in [-0.05, 0) is 37.1 Å². The van der Waals surface area contributed by atoms with Crippen molar-refractivity contribution in [3.63, 3.8) is 0 Å². The summed E-state index contributed by atoms with van der Waals surface area (Å²) in [6.45, 7) is 3.82. The first-order chi connectivity index (χ1) is 11.9. The average molecular weight is 474 g/mol.